The van der Waals surface area contributed by atoms with Crippen molar-refractivity contribution >= 4 is 26.7 Å². The Bertz CT molecular complexity index is 956. The molecule has 0 aliphatic rings. The fourth-order valence-corrected chi connectivity index (χ4v) is 4.93. The van der Waals surface area contributed by atoms with Gasteiger partial charge in [0.05, 0.1) is 5.75 Å². The molecule has 2 rings (SSSR count). The van der Waals surface area contributed by atoms with Gasteiger partial charge < -0.3 is 5.32 Å². The lowest BCUT2D eigenvalue weighted by molar-refractivity contribution is 0.0950. The second-order valence-corrected chi connectivity index (χ2v) is 10.1. The maximum atomic E-state index is 12.5. The molecule has 0 saturated carbocycles. The molecule has 0 aromatic heterocycles. The third-order valence-corrected chi connectivity index (χ3v) is 6.14. The molecule has 0 saturated heterocycles. The molecule has 1 unspecified atom stereocenters. The summed E-state index contributed by atoms with van der Waals surface area (Å²) in [5, 5.41) is 2.83. The molecule has 0 bridgehead atoms. The second kappa shape index (κ2) is 9.95. The standard InChI is InChI=1S/C20H26N2O4S2/c1-15(2)22-28(25,26)14-19-9-5-4-8-18(19)12-21-20(23)17-10-6-7-16(11-17)13-27(3)24/h4-11,15,22H,12-14H2,1-3H3,(H,21,23). The van der Waals surface area contributed by atoms with Gasteiger partial charge in [0.2, 0.25) is 10.0 Å². The van der Waals surface area contributed by atoms with Crippen LogP contribution in [0.1, 0.15) is 40.9 Å². The van der Waals surface area contributed by atoms with E-state index in [1.807, 2.05) is 12.1 Å². The molecule has 0 radical (unpaired) electrons. The quantitative estimate of drug-likeness (QED) is 0.649. The Kier molecular flexibility index (Phi) is 7.91. The molecular formula is C20H26N2O4S2. The number of amides is 1. The summed E-state index contributed by atoms with van der Waals surface area (Å²) in [5.41, 5.74) is 2.70. The van der Waals surface area contributed by atoms with Crippen molar-refractivity contribution in [2.24, 2.45) is 0 Å². The Balaban J connectivity index is 2.09. The van der Waals surface area contributed by atoms with Crippen molar-refractivity contribution in [3.05, 3.63) is 70.8 Å². The van der Waals surface area contributed by atoms with Crippen LogP contribution in [0.15, 0.2) is 48.5 Å². The molecule has 28 heavy (non-hydrogen) atoms. The van der Waals surface area contributed by atoms with Crippen LogP contribution in [0.3, 0.4) is 0 Å². The van der Waals surface area contributed by atoms with Gasteiger partial charge in [-0.3, -0.25) is 9.00 Å². The summed E-state index contributed by atoms with van der Waals surface area (Å²) in [6.45, 7) is 3.76. The highest BCUT2D eigenvalue weighted by Gasteiger charge is 2.16. The molecular weight excluding hydrogens is 396 g/mol. The molecule has 0 aliphatic carbocycles. The van der Waals surface area contributed by atoms with Gasteiger partial charge in [0.25, 0.3) is 5.91 Å². The van der Waals surface area contributed by atoms with Crippen molar-refractivity contribution in [2.75, 3.05) is 6.26 Å². The van der Waals surface area contributed by atoms with Crippen molar-refractivity contribution < 1.29 is 17.4 Å². The summed E-state index contributed by atoms with van der Waals surface area (Å²) in [4.78, 5) is 12.5. The fraction of sp³-hybridized carbons (Fsp3) is 0.350. The fourth-order valence-electron chi connectivity index (χ4n) is 2.79. The Morgan fingerprint density at radius 1 is 1.07 bits per heavy atom. The van der Waals surface area contributed by atoms with E-state index >= 15 is 0 Å². The number of rotatable bonds is 9. The number of hydrogen-bond donors (Lipinski definition) is 2. The van der Waals surface area contributed by atoms with Crippen molar-refractivity contribution in [2.45, 2.75) is 37.9 Å². The normalized spacial score (nSPS) is 12.7. The third kappa shape index (κ3) is 7.18. The van der Waals surface area contributed by atoms with E-state index in [-0.39, 0.29) is 24.2 Å². The average Bonchev–Trinajstić information content (AvgIpc) is 2.59. The molecule has 1 atom stereocenters. The van der Waals surface area contributed by atoms with Crippen LogP contribution in [-0.2, 0) is 38.9 Å². The van der Waals surface area contributed by atoms with Crippen molar-refractivity contribution in [1.82, 2.24) is 10.0 Å². The van der Waals surface area contributed by atoms with Crippen LogP contribution in [0.4, 0.5) is 0 Å². The van der Waals surface area contributed by atoms with E-state index in [9.17, 15) is 17.4 Å². The summed E-state index contributed by atoms with van der Waals surface area (Å²) in [7, 11) is -4.44. The topological polar surface area (TPSA) is 92.3 Å². The van der Waals surface area contributed by atoms with Gasteiger partial charge in [0, 0.05) is 41.0 Å². The van der Waals surface area contributed by atoms with E-state index < -0.39 is 20.8 Å². The van der Waals surface area contributed by atoms with Crippen LogP contribution in [0.25, 0.3) is 0 Å². The predicted octanol–water partition coefficient (Wildman–Crippen LogP) is 2.32. The van der Waals surface area contributed by atoms with Crippen molar-refractivity contribution in [3.8, 4) is 0 Å². The number of nitrogens with one attached hydrogen (secondary N) is 2. The zero-order chi connectivity index (χ0) is 20.7. The lowest BCUT2D eigenvalue weighted by Crippen LogP contribution is -2.32. The molecule has 2 N–H and O–H groups in total. The highest BCUT2D eigenvalue weighted by Crippen LogP contribution is 2.13. The summed E-state index contributed by atoms with van der Waals surface area (Å²) < 4.78 is 38.4. The highest BCUT2D eigenvalue weighted by molar-refractivity contribution is 7.88. The number of carbonyl (C=O) groups excluding carboxylic acids is 1. The average molecular weight is 423 g/mol. The number of benzene rings is 2. The molecule has 8 heteroatoms. The van der Waals surface area contributed by atoms with Gasteiger partial charge in [-0.25, -0.2) is 13.1 Å². The van der Waals surface area contributed by atoms with Crippen molar-refractivity contribution in [3.63, 3.8) is 0 Å². The monoisotopic (exact) mass is 422 g/mol. The van der Waals surface area contributed by atoms with E-state index in [2.05, 4.69) is 10.0 Å². The maximum Gasteiger partial charge on any atom is 0.251 e. The number of carbonyl (C=O) groups is 1. The molecule has 2 aromatic rings. The zero-order valence-electron chi connectivity index (χ0n) is 16.3. The van der Waals surface area contributed by atoms with Gasteiger partial charge in [0.1, 0.15) is 0 Å². The summed E-state index contributed by atoms with van der Waals surface area (Å²) >= 11 is 0. The SMILES string of the molecule is CC(C)NS(=O)(=O)Cc1ccccc1CNC(=O)c1cccc(CS(C)=O)c1. The van der Waals surface area contributed by atoms with Gasteiger partial charge in [-0.1, -0.05) is 36.4 Å². The molecule has 2 aromatic carbocycles. The minimum Gasteiger partial charge on any atom is -0.348 e. The first-order valence-corrected chi connectivity index (χ1v) is 12.3. The molecule has 0 aliphatic heterocycles. The van der Waals surface area contributed by atoms with Gasteiger partial charge >= 0.3 is 0 Å². The first kappa shape index (κ1) is 22.3. The maximum absolute atomic E-state index is 12.5. The molecule has 0 fully saturated rings. The Hall–Kier alpha value is -2.03. The smallest absolute Gasteiger partial charge is 0.251 e. The third-order valence-electron chi connectivity index (χ3n) is 3.88. The Morgan fingerprint density at radius 3 is 2.39 bits per heavy atom. The molecule has 1 amide bonds. The minimum absolute atomic E-state index is 0.144. The van der Waals surface area contributed by atoms with Crippen molar-refractivity contribution in [1.29, 1.82) is 0 Å². The lowest BCUT2D eigenvalue weighted by Gasteiger charge is -2.13. The second-order valence-electron chi connectivity index (χ2n) is 6.90. The van der Waals surface area contributed by atoms with Gasteiger partial charge in [-0.05, 0) is 42.7 Å². The van der Waals surface area contributed by atoms with E-state index in [1.165, 1.54) is 0 Å². The number of sulfonamides is 1. The van der Waals surface area contributed by atoms with E-state index in [1.54, 1.807) is 56.5 Å². The Morgan fingerprint density at radius 2 is 1.75 bits per heavy atom. The highest BCUT2D eigenvalue weighted by atomic mass is 32.2. The van der Waals surface area contributed by atoms with Crippen LogP contribution in [0, 0.1) is 0 Å². The van der Waals surface area contributed by atoms with Crippen LogP contribution in [0.5, 0.6) is 0 Å². The molecule has 0 heterocycles. The zero-order valence-corrected chi connectivity index (χ0v) is 17.9. The van der Waals surface area contributed by atoms with Gasteiger partial charge in [-0.15, -0.1) is 0 Å². The molecule has 152 valence electrons. The van der Waals surface area contributed by atoms with Crippen LogP contribution in [-0.4, -0.2) is 30.8 Å². The summed E-state index contributed by atoms with van der Waals surface area (Å²) in [6.07, 6.45) is 1.62. The van der Waals surface area contributed by atoms with E-state index in [0.29, 0.717) is 16.9 Å². The van der Waals surface area contributed by atoms with Gasteiger partial charge in [-0.2, -0.15) is 0 Å². The first-order valence-electron chi connectivity index (χ1n) is 8.90. The predicted molar refractivity (Wildman–Crippen MR) is 113 cm³/mol. The summed E-state index contributed by atoms with van der Waals surface area (Å²) in [6, 6.07) is 14.0. The number of hydrogen-bond acceptors (Lipinski definition) is 4. The lowest BCUT2D eigenvalue weighted by atomic mass is 10.1. The minimum atomic E-state index is -3.46. The molecule has 0 spiro atoms. The summed E-state index contributed by atoms with van der Waals surface area (Å²) in [5.74, 6) is -0.0126. The Labute approximate surface area is 169 Å². The first-order chi connectivity index (χ1) is 13.2. The van der Waals surface area contributed by atoms with Crippen LogP contribution in [0.2, 0.25) is 0 Å². The largest absolute Gasteiger partial charge is 0.348 e. The van der Waals surface area contributed by atoms with Gasteiger partial charge in [0.15, 0.2) is 0 Å². The van der Waals surface area contributed by atoms with Crippen LogP contribution >= 0.6 is 0 Å². The van der Waals surface area contributed by atoms with Crippen LogP contribution < -0.4 is 10.0 Å². The van der Waals surface area contributed by atoms with E-state index in [4.69, 9.17) is 0 Å². The molecule has 6 nitrogen and oxygen atoms in total. The van der Waals surface area contributed by atoms with E-state index in [0.717, 1.165) is 11.1 Å².